The Balaban J connectivity index is 1.59. The minimum absolute atomic E-state index is 0.104. The predicted octanol–water partition coefficient (Wildman–Crippen LogP) is 5.24. The Kier molecular flexibility index (Phi) is 6.71. The van der Waals surface area contributed by atoms with E-state index < -0.39 is 0 Å². The van der Waals surface area contributed by atoms with Crippen molar-refractivity contribution in [2.24, 2.45) is 0 Å². The number of nitrogens with one attached hydrogen (secondary N) is 1. The summed E-state index contributed by atoms with van der Waals surface area (Å²) in [7, 11) is 0. The molecule has 0 aliphatic carbocycles. The van der Waals surface area contributed by atoms with E-state index in [9.17, 15) is 4.79 Å². The fourth-order valence-corrected chi connectivity index (χ4v) is 3.90. The van der Waals surface area contributed by atoms with Crippen molar-refractivity contribution in [3.8, 4) is 23.1 Å². The number of amides is 1. The van der Waals surface area contributed by atoms with Gasteiger partial charge in [-0.05, 0) is 54.6 Å². The van der Waals surface area contributed by atoms with E-state index in [1.165, 1.54) is 11.8 Å². The van der Waals surface area contributed by atoms with E-state index >= 15 is 0 Å². The average molecular weight is 481 g/mol. The van der Waals surface area contributed by atoms with Crippen LogP contribution in [0.4, 0.5) is 5.69 Å². The summed E-state index contributed by atoms with van der Waals surface area (Å²) < 4.78 is 1.80. The van der Waals surface area contributed by atoms with Gasteiger partial charge in [0.15, 0.2) is 11.0 Å². The molecule has 1 N–H and O–H groups in total. The highest BCUT2D eigenvalue weighted by Gasteiger charge is 2.18. The Bertz CT molecular complexity index is 1300. The van der Waals surface area contributed by atoms with Crippen LogP contribution >= 0.6 is 35.0 Å². The third-order valence-corrected chi connectivity index (χ3v) is 6.01. The average Bonchev–Trinajstić information content (AvgIpc) is 3.24. The van der Waals surface area contributed by atoms with Gasteiger partial charge in [0.2, 0.25) is 5.91 Å². The zero-order chi connectivity index (χ0) is 22.5. The van der Waals surface area contributed by atoms with E-state index in [1.54, 1.807) is 65.5 Å². The number of hydrogen-bond acceptors (Lipinski definition) is 6. The molecule has 0 saturated carbocycles. The summed E-state index contributed by atoms with van der Waals surface area (Å²) in [6, 6.07) is 17.6. The lowest BCUT2D eigenvalue weighted by Crippen LogP contribution is -2.14. The van der Waals surface area contributed by atoms with Crippen molar-refractivity contribution in [3.05, 3.63) is 82.6 Å². The largest absolute Gasteiger partial charge is 0.325 e. The van der Waals surface area contributed by atoms with Crippen LogP contribution in [0.15, 0.2) is 72.1 Å². The second-order valence-electron chi connectivity index (χ2n) is 6.51. The second-order valence-corrected chi connectivity index (χ2v) is 8.26. The lowest BCUT2D eigenvalue weighted by atomic mass is 10.2. The van der Waals surface area contributed by atoms with Crippen molar-refractivity contribution in [3.63, 3.8) is 0 Å². The fourth-order valence-electron chi connectivity index (χ4n) is 2.86. The fraction of sp³-hybridized carbons (Fsp3) is 0.0455. The number of nitriles is 1. The van der Waals surface area contributed by atoms with Crippen molar-refractivity contribution < 1.29 is 4.79 Å². The molecule has 10 heteroatoms. The van der Waals surface area contributed by atoms with Crippen molar-refractivity contribution >= 4 is 46.6 Å². The lowest BCUT2D eigenvalue weighted by molar-refractivity contribution is -0.113. The number of nitrogens with zero attached hydrogens (tertiary/aromatic N) is 5. The molecule has 0 radical (unpaired) electrons. The van der Waals surface area contributed by atoms with Gasteiger partial charge >= 0.3 is 0 Å². The number of pyridine rings is 1. The third kappa shape index (κ3) is 4.92. The Morgan fingerprint density at radius 1 is 1.09 bits per heavy atom. The maximum Gasteiger partial charge on any atom is 0.234 e. The summed E-state index contributed by atoms with van der Waals surface area (Å²) in [5, 5.41) is 21.6. The van der Waals surface area contributed by atoms with E-state index in [0.29, 0.717) is 38.0 Å². The molecular formula is C22H14Cl2N6OS. The molecule has 4 aromatic rings. The summed E-state index contributed by atoms with van der Waals surface area (Å²) in [5.74, 6) is 0.449. The molecule has 0 bridgehead atoms. The van der Waals surface area contributed by atoms with E-state index in [2.05, 4.69) is 20.5 Å². The number of rotatable bonds is 6. The lowest BCUT2D eigenvalue weighted by Gasteiger charge is -2.11. The van der Waals surface area contributed by atoms with Gasteiger partial charge in [-0.25, -0.2) is 0 Å². The second kappa shape index (κ2) is 9.83. The molecule has 0 atom stereocenters. The molecule has 0 aliphatic rings. The Labute approximate surface area is 198 Å². The number of halogens is 2. The summed E-state index contributed by atoms with van der Waals surface area (Å²) in [4.78, 5) is 16.6. The SMILES string of the molecule is N#Cc1ccc(NC(=O)CSc2nnc(-c3cccnc3)n2-c2ccc(Cl)c(Cl)c2)cc1. The van der Waals surface area contributed by atoms with E-state index in [1.807, 2.05) is 12.1 Å². The molecule has 0 spiro atoms. The van der Waals surface area contributed by atoms with Crippen LogP contribution in [0.5, 0.6) is 0 Å². The first kappa shape index (κ1) is 21.8. The molecule has 2 aromatic carbocycles. The van der Waals surface area contributed by atoms with Gasteiger partial charge in [0, 0.05) is 23.6 Å². The third-order valence-electron chi connectivity index (χ3n) is 4.34. The van der Waals surface area contributed by atoms with E-state index in [4.69, 9.17) is 28.5 Å². The molecule has 1 amide bonds. The molecule has 0 aliphatic heterocycles. The topological polar surface area (TPSA) is 96.5 Å². The standard InChI is InChI=1S/C22H14Cl2N6OS/c23-18-8-7-17(10-19(18)24)30-21(15-2-1-9-26-12-15)28-29-22(30)32-13-20(31)27-16-5-3-14(11-25)4-6-16/h1-10,12H,13H2,(H,27,31). The van der Waals surface area contributed by atoms with Crippen molar-refractivity contribution in [2.75, 3.05) is 11.1 Å². The smallest absolute Gasteiger partial charge is 0.234 e. The molecule has 0 fully saturated rings. The first-order valence-corrected chi connectivity index (χ1v) is 11.0. The molecule has 32 heavy (non-hydrogen) atoms. The van der Waals surface area contributed by atoms with Crippen LogP contribution in [0, 0.1) is 11.3 Å². The van der Waals surface area contributed by atoms with Crippen LogP contribution in [0.3, 0.4) is 0 Å². The molecule has 2 aromatic heterocycles. The number of aromatic nitrogens is 4. The first-order chi connectivity index (χ1) is 15.5. The number of carbonyl (C=O) groups is 1. The molecule has 7 nitrogen and oxygen atoms in total. The van der Waals surface area contributed by atoms with Gasteiger partial charge in [0.1, 0.15) is 0 Å². The maximum atomic E-state index is 12.5. The number of thioether (sulfide) groups is 1. The highest BCUT2D eigenvalue weighted by Crippen LogP contribution is 2.31. The number of anilines is 1. The number of hydrogen-bond donors (Lipinski definition) is 1. The highest BCUT2D eigenvalue weighted by molar-refractivity contribution is 7.99. The zero-order valence-electron chi connectivity index (χ0n) is 16.4. The summed E-state index contributed by atoms with van der Waals surface area (Å²) in [6.07, 6.45) is 3.36. The van der Waals surface area contributed by atoms with Crippen LogP contribution in [0.25, 0.3) is 17.1 Å². The minimum atomic E-state index is -0.216. The van der Waals surface area contributed by atoms with Gasteiger partial charge in [-0.3, -0.25) is 14.3 Å². The molecule has 2 heterocycles. The molecule has 0 saturated heterocycles. The highest BCUT2D eigenvalue weighted by atomic mass is 35.5. The van der Waals surface area contributed by atoms with Crippen LogP contribution in [0.2, 0.25) is 10.0 Å². The normalized spacial score (nSPS) is 10.5. The van der Waals surface area contributed by atoms with Gasteiger partial charge < -0.3 is 5.32 Å². The van der Waals surface area contributed by atoms with Gasteiger partial charge in [0.05, 0.1) is 33.1 Å². The van der Waals surface area contributed by atoms with Gasteiger partial charge in [-0.1, -0.05) is 35.0 Å². The van der Waals surface area contributed by atoms with Crippen LogP contribution in [0.1, 0.15) is 5.56 Å². The van der Waals surface area contributed by atoms with Gasteiger partial charge in [-0.2, -0.15) is 5.26 Å². The van der Waals surface area contributed by atoms with Crippen LogP contribution < -0.4 is 5.32 Å². The predicted molar refractivity (Wildman–Crippen MR) is 125 cm³/mol. The molecule has 4 rings (SSSR count). The summed E-state index contributed by atoms with van der Waals surface area (Å²) in [5.41, 5.74) is 2.60. The van der Waals surface area contributed by atoms with E-state index in [-0.39, 0.29) is 11.7 Å². The Morgan fingerprint density at radius 2 is 1.91 bits per heavy atom. The maximum absolute atomic E-state index is 12.5. The van der Waals surface area contributed by atoms with E-state index in [0.717, 1.165) is 5.56 Å². The molecule has 158 valence electrons. The number of carbonyl (C=O) groups excluding carboxylic acids is 1. The quantitative estimate of drug-likeness (QED) is 0.379. The Morgan fingerprint density at radius 3 is 2.59 bits per heavy atom. The summed E-state index contributed by atoms with van der Waals surface area (Å²) >= 11 is 13.5. The van der Waals surface area contributed by atoms with Gasteiger partial charge in [0.25, 0.3) is 0 Å². The monoisotopic (exact) mass is 480 g/mol. The van der Waals surface area contributed by atoms with Crippen LogP contribution in [-0.4, -0.2) is 31.4 Å². The molecule has 0 unspecified atom stereocenters. The molecular weight excluding hydrogens is 467 g/mol. The van der Waals surface area contributed by atoms with Gasteiger partial charge in [-0.15, -0.1) is 10.2 Å². The zero-order valence-corrected chi connectivity index (χ0v) is 18.7. The van der Waals surface area contributed by atoms with Crippen molar-refractivity contribution in [2.45, 2.75) is 5.16 Å². The minimum Gasteiger partial charge on any atom is -0.325 e. The number of benzene rings is 2. The Hall–Kier alpha value is -3.38. The van der Waals surface area contributed by atoms with Crippen molar-refractivity contribution in [1.82, 2.24) is 19.7 Å². The first-order valence-electron chi connectivity index (χ1n) is 9.29. The summed E-state index contributed by atoms with van der Waals surface area (Å²) in [6.45, 7) is 0. The van der Waals surface area contributed by atoms with Crippen molar-refractivity contribution in [1.29, 1.82) is 5.26 Å². The van der Waals surface area contributed by atoms with Crippen LogP contribution in [-0.2, 0) is 4.79 Å².